The summed E-state index contributed by atoms with van der Waals surface area (Å²) < 4.78 is 11.1. The van der Waals surface area contributed by atoms with E-state index >= 15 is 0 Å². The number of hydrogen-bond acceptors (Lipinski definition) is 5. The predicted octanol–water partition coefficient (Wildman–Crippen LogP) is 2.34. The minimum atomic E-state index is -0.711. The number of nitrogens with one attached hydrogen (secondary N) is 2. The number of rotatable bonds is 10. The zero-order chi connectivity index (χ0) is 21.3. The summed E-state index contributed by atoms with van der Waals surface area (Å²) in [6, 6.07) is 16.6. The Labute approximate surface area is 176 Å². The number of hydrogen-bond donors (Lipinski definition) is 2. The quantitative estimate of drug-likeness (QED) is 0.630. The van der Waals surface area contributed by atoms with E-state index in [-0.39, 0.29) is 18.4 Å². The van der Waals surface area contributed by atoms with Crippen LogP contribution in [0, 0.1) is 11.3 Å². The molecule has 0 aliphatic heterocycles. The van der Waals surface area contributed by atoms with Gasteiger partial charge in [-0.25, -0.2) is 0 Å². The molecule has 1 unspecified atom stereocenters. The van der Waals surface area contributed by atoms with Crippen molar-refractivity contribution in [3.63, 3.8) is 0 Å². The van der Waals surface area contributed by atoms with Crippen molar-refractivity contribution in [2.24, 2.45) is 0 Å². The lowest BCUT2D eigenvalue weighted by atomic mass is 10.1. The standard InChI is InChI=1S/C23H25N3O4/c1-16(30-21-5-3-2-4-18(21)14-24)23(28)25-13-12-17-6-10-20(11-7-17)29-15-22(27)26-19-8-9-19/h2-7,10-11,16,19H,8-9,12-13,15H2,1H3,(H,25,28)(H,26,27). The summed E-state index contributed by atoms with van der Waals surface area (Å²) >= 11 is 0. The van der Waals surface area contributed by atoms with Crippen LogP contribution < -0.4 is 20.1 Å². The van der Waals surface area contributed by atoms with Gasteiger partial charge in [0.2, 0.25) is 0 Å². The van der Waals surface area contributed by atoms with Crippen LogP contribution in [0.25, 0.3) is 0 Å². The van der Waals surface area contributed by atoms with E-state index < -0.39 is 6.10 Å². The van der Waals surface area contributed by atoms with Gasteiger partial charge in [-0.3, -0.25) is 9.59 Å². The molecule has 1 aliphatic rings. The van der Waals surface area contributed by atoms with E-state index in [1.165, 1.54) is 0 Å². The van der Waals surface area contributed by atoms with Crippen molar-refractivity contribution in [3.8, 4) is 17.6 Å². The molecule has 1 saturated carbocycles. The molecule has 0 heterocycles. The highest BCUT2D eigenvalue weighted by atomic mass is 16.5. The number of carbonyl (C=O) groups is 2. The first-order valence-corrected chi connectivity index (χ1v) is 10.00. The van der Waals surface area contributed by atoms with Gasteiger partial charge in [-0.05, 0) is 56.0 Å². The molecule has 0 radical (unpaired) electrons. The summed E-state index contributed by atoms with van der Waals surface area (Å²) in [5, 5.41) is 14.8. The van der Waals surface area contributed by atoms with Gasteiger partial charge in [-0.15, -0.1) is 0 Å². The smallest absolute Gasteiger partial charge is 0.260 e. The summed E-state index contributed by atoms with van der Waals surface area (Å²) in [5.74, 6) is 0.679. The van der Waals surface area contributed by atoms with Crippen LogP contribution in [0.3, 0.4) is 0 Å². The molecule has 0 bridgehead atoms. The van der Waals surface area contributed by atoms with Crippen molar-refractivity contribution in [3.05, 3.63) is 59.7 Å². The molecule has 2 amide bonds. The first-order valence-electron chi connectivity index (χ1n) is 10.00. The molecular formula is C23H25N3O4. The Bertz CT molecular complexity index is 917. The van der Waals surface area contributed by atoms with Gasteiger partial charge < -0.3 is 20.1 Å². The van der Waals surface area contributed by atoms with Gasteiger partial charge in [0, 0.05) is 12.6 Å². The first kappa shape index (κ1) is 21.2. The Balaban J connectivity index is 1.38. The Hall–Kier alpha value is -3.53. The Morgan fingerprint density at radius 1 is 1.17 bits per heavy atom. The van der Waals surface area contributed by atoms with Gasteiger partial charge in [0.25, 0.3) is 11.8 Å². The Kier molecular flexibility index (Phi) is 7.28. The molecule has 0 aromatic heterocycles. The highest BCUT2D eigenvalue weighted by Crippen LogP contribution is 2.19. The number of para-hydroxylation sites is 1. The van der Waals surface area contributed by atoms with E-state index in [9.17, 15) is 9.59 Å². The summed E-state index contributed by atoms with van der Waals surface area (Å²) in [5.41, 5.74) is 1.43. The lowest BCUT2D eigenvalue weighted by Gasteiger charge is -2.15. The third-order valence-corrected chi connectivity index (χ3v) is 4.63. The second-order valence-electron chi connectivity index (χ2n) is 7.18. The molecule has 1 aliphatic carbocycles. The fourth-order valence-electron chi connectivity index (χ4n) is 2.78. The van der Waals surface area contributed by atoms with Gasteiger partial charge in [-0.2, -0.15) is 5.26 Å². The maximum atomic E-state index is 12.2. The number of ether oxygens (including phenoxy) is 2. The summed E-state index contributed by atoms with van der Waals surface area (Å²) in [7, 11) is 0. The van der Waals surface area contributed by atoms with Gasteiger partial charge in [0.15, 0.2) is 12.7 Å². The highest BCUT2D eigenvalue weighted by Gasteiger charge is 2.23. The van der Waals surface area contributed by atoms with Crippen molar-refractivity contribution in [2.75, 3.05) is 13.2 Å². The van der Waals surface area contributed by atoms with Crippen LogP contribution in [-0.4, -0.2) is 37.1 Å². The molecule has 0 saturated heterocycles. The molecule has 30 heavy (non-hydrogen) atoms. The summed E-state index contributed by atoms with van der Waals surface area (Å²) in [6.45, 7) is 2.12. The molecule has 2 aromatic rings. The monoisotopic (exact) mass is 407 g/mol. The van der Waals surface area contributed by atoms with Crippen LogP contribution in [0.15, 0.2) is 48.5 Å². The summed E-state index contributed by atoms with van der Waals surface area (Å²) in [6.07, 6.45) is 2.04. The van der Waals surface area contributed by atoms with Crippen LogP contribution in [0.4, 0.5) is 0 Å². The zero-order valence-corrected chi connectivity index (χ0v) is 16.9. The van der Waals surface area contributed by atoms with Crippen LogP contribution in [0.5, 0.6) is 11.5 Å². The minimum Gasteiger partial charge on any atom is -0.484 e. The molecule has 2 N–H and O–H groups in total. The molecule has 2 aromatic carbocycles. The number of nitriles is 1. The van der Waals surface area contributed by atoms with E-state index in [2.05, 4.69) is 10.6 Å². The maximum absolute atomic E-state index is 12.2. The van der Waals surface area contributed by atoms with Gasteiger partial charge >= 0.3 is 0 Å². The second-order valence-corrected chi connectivity index (χ2v) is 7.18. The predicted molar refractivity (Wildman–Crippen MR) is 111 cm³/mol. The van der Waals surface area contributed by atoms with E-state index in [4.69, 9.17) is 14.7 Å². The van der Waals surface area contributed by atoms with Crippen molar-refractivity contribution in [1.82, 2.24) is 10.6 Å². The molecule has 3 rings (SSSR count). The van der Waals surface area contributed by atoms with Crippen molar-refractivity contribution in [1.29, 1.82) is 5.26 Å². The molecular weight excluding hydrogens is 382 g/mol. The minimum absolute atomic E-state index is 0.0126. The number of amides is 2. The lowest BCUT2D eigenvalue weighted by molar-refractivity contribution is -0.127. The molecule has 1 fully saturated rings. The Morgan fingerprint density at radius 3 is 2.60 bits per heavy atom. The molecule has 1 atom stereocenters. The SMILES string of the molecule is CC(Oc1ccccc1C#N)C(=O)NCCc1ccc(OCC(=O)NC2CC2)cc1. The number of benzene rings is 2. The number of carbonyl (C=O) groups excluding carboxylic acids is 2. The number of nitrogens with zero attached hydrogens (tertiary/aromatic N) is 1. The summed E-state index contributed by atoms with van der Waals surface area (Å²) in [4.78, 5) is 23.9. The van der Waals surface area contributed by atoms with Gasteiger partial charge in [0.05, 0.1) is 5.56 Å². The van der Waals surface area contributed by atoms with Crippen molar-refractivity contribution in [2.45, 2.75) is 38.3 Å². The van der Waals surface area contributed by atoms with Crippen molar-refractivity contribution >= 4 is 11.8 Å². The van der Waals surface area contributed by atoms with E-state index in [0.29, 0.717) is 36.1 Å². The lowest BCUT2D eigenvalue weighted by Crippen LogP contribution is -2.37. The maximum Gasteiger partial charge on any atom is 0.260 e. The Morgan fingerprint density at radius 2 is 1.90 bits per heavy atom. The highest BCUT2D eigenvalue weighted by molar-refractivity contribution is 5.80. The van der Waals surface area contributed by atoms with Crippen LogP contribution in [0.2, 0.25) is 0 Å². The average Bonchev–Trinajstić information content (AvgIpc) is 3.57. The average molecular weight is 407 g/mol. The fourth-order valence-corrected chi connectivity index (χ4v) is 2.78. The van der Waals surface area contributed by atoms with E-state index in [1.807, 2.05) is 30.3 Å². The third kappa shape index (κ3) is 6.52. The fraction of sp³-hybridized carbons (Fsp3) is 0.348. The van der Waals surface area contributed by atoms with E-state index in [0.717, 1.165) is 18.4 Å². The van der Waals surface area contributed by atoms with Gasteiger partial charge in [-0.1, -0.05) is 24.3 Å². The van der Waals surface area contributed by atoms with Crippen LogP contribution in [0.1, 0.15) is 30.9 Å². The van der Waals surface area contributed by atoms with Crippen LogP contribution in [-0.2, 0) is 16.0 Å². The largest absolute Gasteiger partial charge is 0.484 e. The molecule has 7 nitrogen and oxygen atoms in total. The molecule has 0 spiro atoms. The first-order chi connectivity index (χ1) is 14.5. The topological polar surface area (TPSA) is 100 Å². The second kappa shape index (κ2) is 10.3. The van der Waals surface area contributed by atoms with E-state index in [1.54, 1.807) is 31.2 Å². The van der Waals surface area contributed by atoms with Gasteiger partial charge in [0.1, 0.15) is 17.6 Å². The van der Waals surface area contributed by atoms with Crippen LogP contribution >= 0.6 is 0 Å². The normalized spacial score (nSPS) is 13.6. The zero-order valence-electron chi connectivity index (χ0n) is 16.9. The molecule has 156 valence electrons. The third-order valence-electron chi connectivity index (χ3n) is 4.63. The molecule has 7 heteroatoms. The van der Waals surface area contributed by atoms with Crippen molar-refractivity contribution < 1.29 is 19.1 Å².